The van der Waals surface area contributed by atoms with Crippen molar-refractivity contribution in [3.63, 3.8) is 0 Å². The predicted molar refractivity (Wildman–Crippen MR) is 187 cm³/mol. The molecule has 3 aromatic rings. The number of benzene rings is 3. The summed E-state index contributed by atoms with van der Waals surface area (Å²) in [6, 6.07) is 20.5. The largest absolute Gasteiger partial charge is 0.457 e. The first-order chi connectivity index (χ1) is 24.1. The zero-order valence-corrected chi connectivity index (χ0v) is 28.6. The molecular formula is C39H45N5O6. The van der Waals surface area contributed by atoms with Crippen LogP contribution in [-0.4, -0.2) is 71.2 Å². The van der Waals surface area contributed by atoms with Gasteiger partial charge in [-0.05, 0) is 73.1 Å². The van der Waals surface area contributed by atoms with Crippen LogP contribution in [0.3, 0.4) is 0 Å². The van der Waals surface area contributed by atoms with Crippen molar-refractivity contribution in [3.05, 3.63) is 95.6 Å². The number of carbonyl (C=O) groups excluding carboxylic acids is 5. The lowest BCUT2D eigenvalue weighted by Gasteiger charge is -2.40. The van der Waals surface area contributed by atoms with Crippen LogP contribution in [0.15, 0.2) is 78.9 Å². The second-order valence-corrected chi connectivity index (χ2v) is 14.1. The van der Waals surface area contributed by atoms with E-state index in [-0.39, 0.29) is 36.1 Å². The molecular weight excluding hydrogens is 634 g/mol. The topological polar surface area (TPSA) is 146 Å². The Morgan fingerprint density at radius 1 is 0.820 bits per heavy atom. The Morgan fingerprint density at radius 2 is 1.54 bits per heavy atom. The maximum absolute atomic E-state index is 14.1. The second kappa shape index (κ2) is 15.1. The van der Waals surface area contributed by atoms with Crippen molar-refractivity contribution in [1.82, 2.24) is 26.2 Å². The molecule has 4 aliphatic heterocycles. The number of fused-ring (bicyclic) bond motifs is 11. The van der Waals surface area contributed by atoms with Crippen LogP contribution in [0, 0.1) is 5.92 Å². The van der Waals surface area contributed by atoms with E-state index in [0.29, 0.717) is 55.8 Å². The molecule has 11 nitrogen and oxygen atoms in total. The van der Waals surface area contributed by atoms with E-state index in [9.17, 15) is 24.0 Å². The third kappa shape index (κ3) is 8.50. The van der Waals surface area contributed by atoms with Gasteiger partial charge in [-0.15, -0.1) is 0 Å². The minimum atomic E-state index is -0.989. The van der Waals surface area contributed by atoms with E-state index >= 15 is 0 Å². The van der Waals surface area contributed by atoms with Gasteiger partial charge in [-0.2, -0.15) is 0 Å². The Hall–Kier alpha value is -5.19. The number of piperidine rings is 1. The summed E-state index contributed by atoms with van der Waals surface area (Å²) >= 11 is 0. The molecule has 262 valence electrons. The SMILES string of the molecule is CC(C)C[C@@H]1NC(=O)[C@@H](Cc2ccccc2)NC(=O)c2cccc(c2)Oc2ccc(cc2)C[C@@H](C(=O)N2CCC3(CCC(=O)N3)CC2)NC1=O. The van der Waals surface area contributed by atoms with Crippen molar-refractivity contribution >= 4 is 29.5 Å². The first-order valence-corrected chi connectivity index (χ1v) is 17.5. The highest BCUT2D eigenvalue weighted by Gasteiger charge is 2.42. The van der Waals surface area contributed by atoms with Crippen LogP contribution in [-0.2, 0) is 32.0 Å². The van der Waals surface area contributed by atoms with Crippen molar-refractivity contribution in [1.29, 1.82) is 0 Å². The Balaban J connectivity index is 1.30. The maximum Gasteiger partial charge on any atom is 0.252 e. The van der Waals surface area contributed by atoms with E-state index in [4.69, 9.17) is 4.74 Å². The fourth-order valence-corrected chi connectivity index (χ4v) is 7.04. The maximum atomic E-state index is 14.1. The van der Waals surface area contributed by atoms with Gasteiger partial charge in [-0.1, -0.05) is 62.4 Å². The number of rotatable bonds is 5. The molecule has 11 heteroatoms. The molecule has 1 spiro atoms. The zero-order valence-electron chi connectivity index (χ0n) is 28.6. The molecule has 4 bridgehead atoms. The van der Waals surface area contributed by atoms with Crippen LogP contribution >= 0.6 is 0 Å². The molecule has 2 saturated heterocycles. The van der Waals surface area contributed by atoms with Crippen LogP contribution in [0.25, 0.3) is 0 Å². The first-order valence-electron chi connectivity index (χ1n) is 17.5. The molecule has 2 fully saturated rings. The van der Waals surface area contributed by atoms with Crippen LogP contribution in [0.4, 0.5) is 0 Å². The first kappa shape index (κ1) is 34.7. The van der Waals surface area contributed by atoms with Gasteiger partial charge >= 0.3 is 0 Å². The third-order valence-electron chi connectivity index (χ3n) is 9.82. The molecule has 4 N–H and O–H groups in total. The molecule has 4 aliphatic rings. The summed E-state index contributed by atoms with van der Waals surface area (Å²) in [5.41, 5.74) is 1.70. The van der Waals surface area contributed by atoms with Crippen LogP contribution < -0.4 is 26.0 Å². The summed E-state index contributed by atoms with van der Waals surface area (Å²) in [5, 5.41) is 11.9. The summed E-state index contributed by atoms with van der Waals surface area (Å²) in [5.74, 6) is -0.575. The number of ether oxygens (including phenoxy) is 1. The molecule has 50 heavy (non-hydrogen) atoms. The van der Waals surface area contributed by atoms with Gasteiger partial charge in [-0.25, -0.2) is 0 Å². The van der Waals surface area contributed by atoms with E-state index in [1.807, 2.05) is 56.3 Å². The standard InChI is InChI=1S/C39H45N5O6/c1-25(2)21-31-36(47)42-33(38(49)44-19-17-39(18-20-44)16-15-34(45)43-39)23-27-11-13-29(14-12-27)50-30-10-6-9-28(24-30)35(46)40-32(37(48)41-31)22-26-7-4-3-5-8-26/h3-14,24-25,31-33H,15-23H2,1-2H3,(H,40,46)(H,41,48)(H,42,47)(H,43,45)/t31-,32+,33-/m0/s1. The predicted octanol–water partition coefficient (Wildman–Crippen LogP) is 3.66. The highest BCUT2D eigenvalue weighted by molar-refractivity contribution is 5.99. The Morgan fingerprint density at radius 3 is 2.22 bits per heavy atom. The average molecular weight is 680 g/mol. The van der Waals surface area contributed by atoms with Gasteiger partial charge in [-0.3, -0.25) is 24.0 Å². The molecule has 4 heterocycles. The summed E-state index contributed by atoms with van der Waals surface area (Å²) in [6.45, 7) is 4.84. The number of likely N-dealkylation sites (tertiary alicyclic amines) is 1. The van der Waals surface area contributed by atoms with Crippen LogP contribution in [0.2, 0.25) is 0 Å². The van der Waals surface area contributed by atoms with E-state index in [1.54, 1.807) is 41.3 Å². The lowest BCUT2D eigenvalue weighted by atomic mass is 9.86. The highest BCUT2D eigenvalue weighted by atomic mass is 16.5. The number of hydrogen-bond donors (Lipinski definition) is 4. The molecule has 3 aromatic carbocycles. The Kier molecular flexibility index (Phi) is 10.5. The van der Waals surface area contributed by atoms with Gasteiger partial charge in [0.05, 0.1) is 0 Å². The minimum Gasteiger partial charge on any atom is -0.457 e. The third-order valence-corrected chi connectivity index (χ3v) is 9.82. The monoisotopic (exact) mass is 679 g/mol. The van der Waals surface area contributed by atoms with Crippen LogP contribution in [0.1, 0.15) is 67.4 Å². The minimum absolute atomic E-state index is 0.0374. The summed E-state index contributed by atoms with van der Waals surface area (Å²) < 4.78 is 6.07. The van der Waals surface area contributed by atoms with Gasteiger partial charge in [0, 0.05) is 43.5 Å². The normalized spacial score (nSPS) is 22.5. The second-order valence-electron chi connectivity index (χ2n) is 14.1. The van der Waals surface area contributed by atoms with Gasteiger partial charge < -0.3 is 30.9 Å². The van der Waals surface area contributed by atoms with Gasteiger partial charge in [0.1, 0.15) is 29.6 Å². The zero-order chi connectivity index (χ0) is 35.3. The van der Waals surface area contributed by atoms with Crippen molar-refractivity contribution in [2.45, 2.75) is 82.5 Å². The molecule has 7 rings (SSSR count). The summed E-state index contributed by atoms with van der Waals surface area (Å²) in [4.78, 5) is 69.5. The number of nitrogens with zero attached hydrogens (tertiary/aromatic N) is 1. The van der Waals surface area contributed by atoms with Crippen molar-refractivity contribution in [2.24, 2.45) is 5.92 Å². The lowest BCUT2D eigenvalue weighted by Crippen LogP contribution is -2.59. The highest BCUT2D eigenvalue weighted by Crippen LogP contribution is 2.32. The smallest absolute Gasteiger partial charge is 0.252 e. The lowest BCUT2D eigenvalue weighted by molar-refractivity contribution is -0.138. The molecule has 0 aliphatic carbocycles. The molecule has 3 atom stereocenters. The van der Waals surface area contributed by atoms with E-state index < -0.39 is 35.8 Å². The van der Waals surface area contributed by atoms with E-state index in [0.717, 1.165) is 17.5 Å². The number of hydrogen-bond acceptors (Lipinski definition) is 6. The Bertz CT molecular complexity index is 1720. The fraction of sp³-hybridized carbons (Fsp3) is 0.410. The van der Waals surface area contributed by atoms with E-state index in [2.05, 4.69) is 21.3 Å². The van der Waals surface area contributed by atoms with Crippen molar-refractivity contribution < 1.29 is 28.7 Å². The van der Waals surface area contributed by atoms with Gasteiger partial charge in [0.2, 0.25) is 23.6 Å². The number of carbonyl (C=O) groups is 5. The van der Waals surface area contributed by atoms with Crippen molar-refractivity contribution in [2.75, 3.05) is 13.1 Å². The van der Waals surface area contributed by atoms with Gasteiger partial charge in [0.25, 0.3) is 5.91 Å². The molecule has 0 radical (unpaired) electrons. The molecule has 0 aromatic heterocycles. The van der Waals surface area contributed by atoms with E-state index in [1.165, 1.54) is 0 Å². The van der Waals surface area contributed by atoms with Crippen LogP contribution in [0.5, 0.6) is 11.5 Å². The number of nitrogens with one attached hydrogen (secondary N) is 4. The molecule has 0 unspecified atom stereocenters. The summed E-state index contributed by atoms with van der Waals surface area (Å²) in [6.07, 6.45) is 3.32. The molecule has 5 amide bonds. The molecule has 0 saturated carbocycles. The summed E-state index contributed by atoms with van der Waals surface area (Å²) in [7, 11) is 0. The average Bonchev–Trinajstić information content (AvgIpc) is 3.47. The van der Waals surface area contributed by atoms with Crippen molar-refractivity contribution in [3.8, 4) is 11.5 Å². The quantitative estimate of drug-likeness (QED) is 0.303. The van der Waals surface area contributed by atoms with Gasteiger partial charge in [0.15, 0.2) is 0 Å². The fourth-order valence-electron chi connectivity index (χ4n) is 7.04. The number of amides is 5. The Labute approximate surface area is 292 Å².